The molecule has 0 radical (unpaired) electrons. The van der Waals surface area contributed by atoms with Crippen molar-refractivity contribution in [2.45, 2.75) is 37.9 Å². The summed E-state index contributed by atoms with van der Waals surface area (Å²) in [5, 5.41) is 9.63. The number of alkyl halides is 3. The largest absolute Gasteiger partial charge is 0.421 e. The average Bonchev–Trinajstić information content (AvgIpc) is 3.14. The van der Waals surface area contributed by atoms with Gasteiger partial charge in [-0.15, -0.1) is 6.42 Å². The van der Waals surface area contributed by atoms with Crippen LogP contribution in [0.3, 0.4) is 0 Å². The third kappa shape index (κ3) is 2.83. The lowest BCUT2D eigenvalue weighted by Crippen LogP contribution is -2.35. The zero-order valence-corrected chi connectivity index (χ0v) is 12.7. The Kier molecular flexibility index (Phi) is 4.18. The molecule has 25 heavy (non-hydrogen) atoms. The Morgan fingerprint density at radius 1 is 1.48 bits per heavy atom. The van der Waals surface area contributed by atoms with Gasteiger partial charge in [0.2, 0.25) is 6.10 Å². The van der Waals surface area contributed by atoms with Crippen molar-refractivity contribution in [1.82, 2.24) is 19.1 Å². The highest BCUT2D eigenvalue weighted by Crippen LogP contribution is 2.34. The highest BCUT2D eigenvalue weighted by atomic mass is 19.4. The van der Waals surface area contributed by atoms with Crippen LogP contribution in [0.5, 0.6) is 0 Å². The summed E-state index contributed by atoms with van der Waals surface area (Å²) in [5.74, 6) is 1.25. The molecule has 3 rings (SSSR count). The third-order valence-corrected chi connectivity index (χ3v) is 3.86. The first-order valence-corrected chi connectivity index (χ1v) is 7.30. The average molecular weight is 358 g/mol. The number of H-pyrrole nitrogens is 1. The maximum Gasteiger partial charge on any atom is 0.421 e. The van der Waals surface area contributed by atoms with Crippen LogP contribution in [0.2, 0.25) is 0 Å². The lowest BCUT2D eigenvalue weighted by Gasteiger charge is -2.22. The summed E-state index contributed by atoms with van der Waals surface area (Å²) in [6, 6.07) is 0. The molecule has 1 aliphatic heterocycles. The Bertz CT molecular complexity index is 960. The molecule has 2 unspecified atom stereocenters. The van der Waals surface area contributed by atoms with E-state index >= 15 is 0 Å². The van der Waals surface area contributed by atoms with E-state index in [2.05, 4.69) is 15.9 Å². The summed E-state index contributed by atoms with van der Waals surface area (Å²) < 4.78 is 45.8. The maximum absolute atomic E-state index is 13.0. The molecule has 1 fully saturated rings. The van der Waals surface area contributed by atoms with Crippen LogP contribution in [0, 0.1) is 12.3 Å². The molecular formula is C14H13F3N4O4. The van der Waals surface area contributed by atoms with Crippen LogP contribution in [-0.2, 0) is 11.3 Å². The van der Waals surface area contributed by atoms with Crippen molar-refractivity contribution in [3.05, 3.63) is 26.7 Å². The molecule has 3 heterocycles. The molecule has 0 spiro atoms. The van der Waals surface area contributed by atoms with Gasteiger partial charge in [-0.25, -0.2) is 9.78 Å². The van der Waals surface area contributed by atoms with Crippen LogP contribution in [-0.4, -0.2) is 37.0 Å². The first-order chi connectivity index (χ1) is 11.8. The summed E-state index contributed by atoms with van der Waals surface area (Å²) in [4.78, 5) is 30.6. The standard InChI is InChI=1S/C14H13F3N4O4/c1-2-5-20-8-10(19-13(20)24)18-11(9(22)14(15,16)17)21(12(8)23)7-4-3-6-25-7/h1,7,9,22H,3-6H2,(H,19,24). The molecule has 0 aromatic carbocycles. The number of nitrogens with one attached hydrogen (secondary N) is 1. The smallest absolute Gasteiger partial charge is 0.377 e. The zero-order chi connectivity index (χ0) is 18.4. The number of halogens is 3. The summed E-state index contributed by atoms with van der Waals surface area (Å²) in [5.41, 5.74) is -2.37. The second-order valence-corrected chi connectivity index (χ2v) is 5.47. The number of aromatic nitrogens is 4. The fourth-order valence-electron chi connectivity index (χ4n) is 2.77. The van der Waals surface area contributed by atoms with Crippen LogP contribution in [0.25, 0.3) is 11.2 Å². The molecule has 11 heteroatoms. The van der Waals surface area contributed by atoms with Gasteiger partial charge in [-0.2, -0.15) is 13.2 Å². The number of aromatic amines is 1. The predicted molar refractivity (Wildman–Crippen MR) is 78.7 cm³/mol. The molecule has 2 N–H and O–H groups in total. The Morgan fingerprint density at radius 3 is 2.76 bits per heavy atom. The quantitative estimate of drug-likeness (QED) is 0.775. The third-order valence-electron chi connectivity index (χ3n) is 3.86. The van der Waals surface area contributed by atoms with Crippen molar-refractivity contribution < 1.29 is 23.0 Å². The first-order valence-electron chi connectivity index (χ1n) is 7.30. The van der Waals surface area contributed by atoms with Crippen molar-refractivity contribution in [1.29, 1.82) is 0 Å². The number of rotatable bonds is 3. The molecule has 1 saturated heterocycles. The fourth-order valence-corrected chi connectivity index (χ4v) is 2.77. The van der Waals surface area contributed by atoms with Crippen molar-refractivity contribution >= 4 is 11.2 Å². The first kappa shape index (κ1) is 17.2. The monoisotopic (exact) mass is 358 g/mol. The van der Waals surface area contributed by atoms with Crippen molar-refractivity contribution in [3.8, 4) is 12.3 Å². The second kappa shape index (κ2) is 6.05. The maximum atomic E-state index is 13.0. The van der Waals surface area contributed by atoms with Gasteiger partial charge in [-0.05, 0) is 12.8 Å². The van der Waals surface area contributed by atoms with Crippen molar-refractivity contribution in [3.63, 3.8) is 0 Å². The molecular weight excluding hydrogens is 345 g/mol. The molecule has 0 saturated carbocycles. The minimum atomic E-state index is -5.05. The van der Waals surface area contributed by atoms with Crippen LogP contribution < -0.4 is 11.2 Å². The lowest BCUT2D eigenvalue weighted by atomic mass is 10.2. The van der Waals surface area contributed by atoms with Gasteiger partial charge in [-0.3, -0.25) is 18.9 Å². The number of aliphatic hydroxyl groups is 1. The normalized spacial score (nSPS) is 19.2. The van der Waals surface area contributed by atoms with Gasteiger partial charge < -0.3 is 9.84 Å². The van der Waals surface area contributed by atoms with Gasteiger partial charge >= 0.3 is 11.9 Å². The summed E-state index contributed by atoms with van der Waals surface area (Å²) >= 11 is 0. The zero-order valence-electron chi connectivity index (χ0n) is 12.7. The van der Waals surface area contributed by atoms with Crippen LogP contribution >= 0.6 is 0 Å². The van der Waals surface area contributed by atoms with E-state index in [-0.39, 0.29) is 30.7 Å². The van der Waals surface area contributed by atoms with E-state index in [1.807, 2.05) is 0 Å². The van der Waals surface area contributed by atoms with Gasteiger partial charge in [0.1, 0.15) is 6.23 Å². The Balaban J connectivity index is 2.35. The fraction of sp³-hybridized carbons (Fsp3) is 0.500. The molecule has 8 nitrogen and oxygen atoms in total. The summed E-state index contributed by atoms with van der Waals surface area (Å²) in [7, 11) is 0. The minimum Gasteiger partial charge on any atom is -0.377 e. The topological polar surface area (TPSA) is 102 Å². The molecule has 2 atom stereocenters. The second-order valence-electron chi connectivity index (χ2n) is 5.47. The van der Waals surface area contributed by atoms with E-state index in [4.69, 9.17) is 11.2 Å². The van der Waals surface area contributed by atoms with Crippen LogP contribution in [0.1, 0.15) is 31.0 Å². The molecule has 134 valence electrons. The summed E-state index contributed by atoms with van der Waals surface area (Å²) in [6.45, 7) is -0.0105. The van der Waals surface area contributed by atoms with E-state index in [1.54, 1.807) is 0 Å². The van der Waals surface area contributed by atoms with Gasteiger partial charge in [0, 0.05) is 6.61 Å². The van der Waals surface area contributed by atoms with Gasteiger partial charge in [0.25, 0.3) is 5.56 Å². The molecule has 1 aliphatic rings. The Hall–Kier alpha value is -2.58. The number of nitrogens with zero attached hydrogens (tertiary/aromatic N) is 3. The van der Waals surface area contributed by atoms with Crippen LogP contribution in [0.4, 0.5) is 13.2 Å². The molecule has 0 aliphatic carbocycles. The Morgan fingerprint density at radius 2 is 2.20 bits per heavy atom. The van der Waals surface area contributed by atoms with E-state index in [9.17, 15) is 27.9 Å². The van der Waals surface area contributed by atoms with Crippen molar-refractivity contribution in [2.24, 2.45) is 0 Å². The predicted octanol–water partition coefficient (Wildman–Crippen LogP) is 0.424. The number of fused-ring (bicyclic) bond motifs is 1. The number of terminal acetylenes is 1. The molecule has 0 amide bonds. The number of hydrogen-bond acceptors (Lipinski definition) is 5. The number of hydrogen-bond donors (Lipinski definition) is 2. The van der Waals surface area contributed by atoms with Crippen molar-refractivity contribution in [2.75, 3.05) is 6.61 Å². The highest BCUT2D eigenvalue weighted by molar-refractivity contribution is 5.69. The van der Waals surface area contributed by atoms with Gasteiger partial charge in [-0.1, -0.05) is 5.92 Å². The SMILES string of the molecule is C#CCn1c(=O)[nH]c2nc(C(O)C(F)(F)F)n(C3CCCO3)c(=O)c21. The number of ether oxygens (including phenoxy) is 1. The number of aliphatic hydroxyl groups excluding tert-OH is 1. The molecule has 2 aromatic rings. The highest BCUT2D eigenvalue weighted by Gasteiger charge is 2.44. The van der Waals surface area contributed by atoms with E-state index in [1.165, 1.54) is 0 Å². The minimum absolute atomic E-state index is 0.251. The lowest BCUT2D eigenvalue weighted by molar-refractivity contribution is -0.211. The van der Waals surface area contributed by atoms with E-state index in [0.29, 0.717) is 11.0 Å². The van der Waals surface area contributed by atoms with E-state index < -0.39 is 35.6 Å². The van der Waals surface area contributed by atoms with Gasteiger partial charge in [0.05, 0.1) is 6.54 Å². The van der Waals surface area contributed by atoms with Crippen LogP contribution in [0.15, 0.2) is 9.59 Å². The molecule has 0 bridgehead atoms. The van der Waals surface area contributed by atoms with E-state index in [0.717, 1.165) is 4.57 Å². The Labute approximate surface area is 137 Å². The molecule has 2 aromatic heterocycles. The summed E-state index contributed by atoms with van der Waals surface area (Å²) in [6.07, 6.45) is -3.11. The van der Waals surface area contributed by atoms with Gasteiger partial charge in [0.15, 0.2) is 17.0 Å². The number of imidazole rings is 1.